The van der Waals surface area contributed by atoms with Crippen LogP contribution in [0.5, 0.6) is 0 Å². The predicted molar refractivity (Wildman–Crippen MR) is 87.2 cm³/mol. The van der Waals surface area contributed by atoms with Gasteiger partial charge in [-0.05, 0) is 19.1 Å². The summed E-state index contributed by atoms with van der Waals surface area (Å²) in [4.78, 5) is 40.3. The van der Waals surface area contributed by atoms with Crippen LogP contribution in [0.3, 0.4) is 0 Å². The number of carbonyl (C=O) groups excluding carboxylic acids is 2. The Balaban J connectivity index is 1.85. The summed E-state index contributed by atoms with van der Waals surface area (Å²) in [6.07, 6.45) is 1.21. The van der Waals surface area contributed by atoms with Gasteiger partial charge in [0.1, 0.15) is 18.3 Å². The smallest absolute Gasteiger partial charge is 0.339 e. The van der Waals surface area contributed by atoms with Crippen LogP contribution in [0.2, 0.25) is 0 Å². The van der Waals surface area contributed by atoms with Crippen LogP contribution in [0.15, 0.2) is 39.9 Å². The van der Waals surface area contributed by atoms with E-state index < -0.39 is 17.4 Å². The number of rotatable bonds is 4. The van der Waals surface area contributed by atoms with E-state index in [0.717, 1.165) is 4.57 Å². The lowest BCUT2D eigenvalue weighted by atomic mass is 10.2. The molecule has 0 fully saturated rings. The Morgan fingerprint density at radius 2 is 2.08 bits per heavy atom. The van der Waals surface area contributed by atoms with E-state index in [0.29, 0.717) is 11.4 Å². The lowest BCUT2D eigenvalue weighted by Gasteiger charge is -2.10. The second-order valence-corrected chi connectivity index (χ2v) is 5.21. The average molecular weight is 342 g/mol. The van der Waals surface area contributed by atoms with Crippen molar-refractivity contribution in [2.24, 2.45) is 0 Å². The van der Waals surface area contributed by atoms with Crippen molar-refractivity contribution in [3.8, 4) is 0 Å². The second kappa shape index (κ2) is 6.56. The highest BCUT2D eigenvalue weighted by molar-refractivity contribution is 6.01. The molecule has 2 aromatic heterocycles. The molecule has 1 aromatic carbocycles. The van der Waals surface area contributed by atoms with Gasteiger partial charge in [-0.2, -0.15) is 0 Å². The van der Waals surface area contributed by atoms with Crippen molar-refractivity contribution in [3.05, 3.63) is 52.2 Å². The van der Waals surface area contributed by atoms with Crippen LogP contribution in [0, 0.1) is 6.92 Å². The summed E-state index contributed by atoms with van der Waals surface area (Å²) in [5.41, 5.74) is 0.602. The summed E-state index contributed by atoms with van der Waals surface area (Å²) in [7, 11) is 1.25. The maximum atomic E-state index is 12.4. The van der Waals surface area contributed by atoms with Gasteiger partial charge in [0, 0.05) is 0 Å². The first-order valence-electron chi connectivity index (χ1n) is 7.30. The van der Waals surface area contributed by atoms with Crippen LogP contribution in [0.4, 0.5) is 5.69 Å². The maximum absolute atomic E-state index is 12.4. The number of anilines is 1. The van der Waals surface area contributed by atoms with E-state index in [9.17, 15) is 14.4 Å². The SMILES string of the molecule is COC(=O)c1ccccc1NC(=O)Cn1cnc2onc(C)c2c1=O. The highest BCUT2D eigenvalue weighted by atomic mass is 16.5. The number of amides is 1. The van der Waals surface area contributed by atoms with Crippen LogP contribution in [0.25, 0.3) is 11.1 Å². The third-order valence-corrected chi connectivity index (χ3v) is 3.55. The van der Waals surface area contributed by atoms with Crippen molar-refractivity contribution in [2.45, 2.75) is 13.5 Å². The number of carbonyl (C=O) groups is 2. The highest BCUT2D eigenvalue weighted by Gasteiger charge is 2.16. The summed E-state index contributed by atoms with van der Waals surface area (Å²) in [5, 5.41) is 6.50. The molecule has 25 heavy (non-hydrogen) atoms. The van der Waals surface area contributed by atoms with Gasteiger partial charge >= 0.3 is 5.97 Å². The summed E-state index contributed by atoms with van der Waals surface area (Å²) < 4.78 is 10.7. The first kappa shape index (κ1) is 16.4. The Morgan fingerprint density at radius 1 is 1.32 bits per heavy atom. The molecule has 9 nitrogen and oxygen atoms in total. The van der Waals surface area contributed by atoms with Crippen molar-refractivity contribution in [3.63, 3.8) is 0 Å². The number of aromatic nitrogens is 3. The standard InChI is InChI=1S/C16H14N4O5/c1-9-13-14(25-19-9)17-8-20(15(13)22)7-12(21)18-11-6-4-3-5-10(11)16(23)24-2/h3-6,8H,7H2,1-2H3,(H,18,21). The van der Waals surface area contributed by atoms with Gasteiger partial charge < -0.3 is 14.6 Å². The Labute approximate surface area is 141 Å². The van der Waals surface area contributed by atoms with Crippen molar-refractivity contribution < 1.29 is 18.8 Å². The fourth-order valence-electron chi connectivity index (χ4n) is 2.35. The number of nitrogens with one attached hydrogen (secondary N) is 1. The van der Waals surface area contributed by atoms with Crippen LogP contribution >= 0.6 is 0 Å². The lowest BCUT2D eigenvalue weighted by molar-refractivity contribution is -0.116. The molecule has 1 N–H and O–H groups in total. The topological polar surface area (TPSA) is 116 Å². The highest BCUT2D eigenvalue weighted by Crippen LogP contribution is 2.16. The summed E-state index contributed by atoms with van der Waals surface area (Å²) in [6.45, 7) is 1.34. The first-order valence-corrected chi connectivity index (χ1v) is 7.30. The molecule has 0 saturated heterocycles. The number of para-hydroxylation sites is 1. The van der Waals surface area contributed by atoms with E-state index in [1.807, 2.05) is 0 Å². The van der Waals surface area contributed by atoms with Crippen molar-refractivity contribution in [2.75, 3.05) is 12.4 Å². The number of hydrogen-bond donors (Lipinski definition) is 1. The molecule has 0 saturated carbocycles. The molecule has 9 heteroatoms. The normalized spacial score (nSPS) is 10.6. The number of aryl methyl sites for hydroxylation is 1. The van der Waals surface area contributed by atoms with Gasteiger partial charge in [0.25, 0.3) is 11.3 Å². The summed E-state index contributed by atoms with van der Waals surface area (Å²) >= 11 is 0. The van der Waals surface area contributed by atoms with Crippen molar-refractivity contribution >= 4 is 28.7 Å². The van der Waals surface area contributed by atoms with Crippen molar-refractivity contribution in [1.29, 1.82) is 0 Å². The number of methoxy groups -OCH3 is 1. The summed E-state index contributed by atoms with van der Waals surface area (Å²) in [6, 6.07) is 6.42. The minimum atomic E-state index is -0.573. The van der Waals surface area contributed by atoms with Crippen LogP contribution in [0.1, 0.15) is 16.1 Å². The summed E-state index contributed by atoms with van der Waals surface area (Å²) in [5.74, 6) is -1.06. The molecule has 2 heterocycles. The Hall–Kier alpha value is -3.49. The molecule has 0 spiro atoms. The van der Waals surface area contributed by atoms with Gasteiger partial charge in [0.15, 0.2) is 0 Å². The maximum Gasteiger partial charge on any atom is 0.339 e. The first-order chi connectivity index (χ1) is 12.0. The lowest BCUT2D eigenvalue weighted by Crippen LogP contribution is -2.28. The van der Waals surface area contributed by atoms with Gasteiger partial charge in [-0.15, -0.1) is 0 Å². The van der Waals surface area contributed by atoms with E-state index in [-0.39, 0.29) is 23.2 Å². The van der Waals surface area contributed by atoms with Crippen LogP contribution < -0.4 is 10.9 Å². The molecule has 0 atom stereocenters. The molecule has 0 aliphatic carbocycles. The zero-order valence-corrected chi connectivity index (χ0v) is 13.5. The second-order valence-electron chi connectivity index (χ2n) is 5.21. The molecule has 3 aromatic rings. The fraction of sp³-hybridized carbons (Fsp3) is 0.188. The van der Waals surface area contributed by atoms with Crippen molar-refractivity contribution in [1.82, 2.24) is 14.7 Å². The Morgan fingerprint density at radius 3 is 2.84 bits per heavy atom. The average Bonchev–Trinajstić information content (AvgIpc) is 2.99. The van der Waals surface area contributed by atoms with Crippen LogP contribution in [-0.4, -0.2) is 33.7 Å². The monoisotopic (exact) mass is 342 g/mol. The van der Waals surface area contributed by atoms with E-state index in [1.54, 1.807) is 25.1 Å². The minimum Gasteiger partial charge on any atom is -0.465 e. The molecular formula is C16H14N4O5. The quantitative estimate of drug-likeness (QED) is 0.706. The molecule has 0 aliphatic rings. The van der Waals surface area contributed by atoms with Gasteiger partial charge in [-0.1, -0.05) is 17.3 Å². The van der Waals surface area contributed by atoms with Crippen LogP contribution in [-0.2, 0) is 16.1 Å². The van der Waals surface area contributed by atoms with E-state index in [1.165, 1.54) is 19.5 Å². The number of nitrogens with zero attached hydrogens (tertiary/aromatic N) is 3. The van der Waals surface area contributed by atoms with Gasteiger partial charge in [0.05, 0.1) is 24.1 Å². The number of esters is 1. The molecule has 128 valence electrons. The van der Waals surface area contributed by atoms with E-state index in [2.05, 4.69) is 20.2 Å². The minimum absolute atomic E-state index is 0.121. The zero-order valence-electron chi connectivity index (χ0n) is 13.5. The zero-order chi connectivity index (χ0) is 18.0. The number of ether oxygens (including phenoxy) is 1. The molecule has 1 amide bonds. The third-order valence-electron chi connectivity index (χ3n) is 3.55. The third kappa shape index (κ3) is 3.11. The predicted octanol–water partition coefficient (Wildman–Crippen LogP) is 1.12. The number of benzene rings is 1. The van der Waals surface area contributed by atoms with E-state index in [4.69, 9.17) is 4.52 Å². The van der Waals surface area contributed by atoms with Gasteiger partial charge in [-0.3, -0.25) is 14.2 Å². The molecule has 0 bridgehead atoms. The Bertz CT molecular complexity index is 1020. The number of fused-ring (bicyclic) bond motifs is 1. The van der Waals surface area contributed by atoms with E-state index >= 15 is 0 Å². The molecule has 0 aliphatic heterocycles. The molecule has 0 radical (unpaired) electrons. The van der Waals surface area contributed by atoms with Gasteiger partial charge in [0.2, 0.25) is 5.91 Å². The largest absolute Gasteiger partial charge is 0.465 e. The Kier molecular flexibility index (Phi) is 4.29. The molecule has 0 unspecified atom stereocenters. The molecular weight excluding hydrogens is 328 g/mol. The fourth-order valence-corrected chi connectivity index (χ4v) is 2.35. The molecule has 3 rings (SSSR count). The van der Waals surface area contributed by atoms with Gasteiger partial charge in [-0.25, -0.2) is 9.78 Å². The number of hydrogen-bond acceptors (Lipinski definition) is 7.